The molecule has 92 valence electrons. The molecule has 1 rings (SSSR count). The highest BCUT2D eigenvalue weighted by Crippen LogP contribution is 2.23. The smallest absolute Gasteiger partial charge is 0.0683 e. The Hall–Kier alpha value is -0.590. The second kappa shape index (κ2) is 5.16. The van der Waals surface area contributed by atoms with Gasteiger partial charge in [0.1, 0.15) is 0 Å². The van der Waals surface area contributed by atoms with Crippen LogP contribution in [0, 0.1) is 16.7 Å². The van der Waals surface area contributed by atoms with Gasteiger partial charge in [-0.25, -0.2) is 0 Å². The Morgan fingerprint density at radius 1 is 1.44 bits per heavy atom. The fourth-order valence-electron chi connectivity index (χ4n) is 2.21. The summed E-state index contributed by atoms with van der Waals surface area (Å²) in [4.78, 5) is 2.54. The average molecular weight is 223 g/mol. The van der Waals surface area contributed by atoms with E-state index >= 15 is 0 Å². The van der Waals surface area contributed by atoms with Gasteiger partial charge in [0.25, 0.3) is 0 Å². The Morgan fingerprint density at radius 3 is 2.69 bits per heavy atom. The van der Waals surface area contributed by atoms with Crippen LogP contribution in [0.4, 0.5) is 0 Å². The Labute approximate surface area is 99.8 Å². The molecule has 0 radical (unpaired) electrons. The minimum absolute atomic E-state index is 0.168. The summed E-state index contributed by atoms with van der Waals surface area (Å²) in [5.41, 5.74) is 0.0905. The van der Waals surface area contributed by atoms with Crippen LogP contribution in [0.3, 0.4) is 0 Å². The Balaban J connectivity index is 2.35. The summed E-state index contributed by atoms with van der Waals surface area (Å²) in [6, 6.07) is 2.37. The van der Waals surface area contributed by atoms with Gasteiger partial charge in [-0.05, 0) is 47.1 Å². The minimum Gasteiger partial charge on any atom is -0.314 e. The lowest BCUT2D eigenvalue weighted by atomic mass is 9.89. The normalized spacial score (nSPS) is 21.7. The molecule has 3 nitrogen and oxygen atoms in total. The van der Waals surface area contributed by atoms with Crippen LogP contribution in [0.15, 0.2) is 0 Å². The van der Waals surface area contributed by atoms with E-state index in [1.807, 2.05) is 13.8 Å². The van der Waals surface area contributed by atoms with Crippen LogP contribution in [0.25, 0.3) is 0 Å². The first kappa shape index (κ1) is 13.5. The largest absolute Gasteiger partial charge is 0.314 e. The molecule has 0 spiro atoms. The lowest BCUT2D eigenvalue weighted by molar-refractivity contribution is 0.0864. The highest BCUT2D eigenvalue weighted by molar-refractivity contribution is 4.92. The Kier molecular flexibility index (Phi) is 4.35. The number of hydrogen-bond acceptors (Lipinski definition) is 3. The number of hydrogen-bond donors (Lipinski definition) is 1. The summed E-state index contributed by atoms with van der Waals surface area (Å²) in [6.45, 7) is 13.0. The Bertz CT molecular complexity index is 263. The maximum atomic E-state index is 8.96. The van der Waals surface area contributed by atoms with E-state index in [1.165, 1.54) is 0 Å². The van der Waals surface area contributed by atoms with Crippen LogP contribution >= 0.6 is 0 Å². The molecule has 1 aliphatic rings. The maximum Gasteiger partial charge on any atom is 0.0683 e. The average Bonchev–Trinajstić information content (AvgIpc) is 2.20. The molecule has 0 atom stereocenters. The molecule has 0 aromatic rings. The van der Waals surface area contributed by atoms with Crippen LogP contribution in [0.5, 0.6) is 0 Å². The molecule has 1 N–H and O–H groups in total. The standard InChI is InChI=1S/C13H25N3/c1-12(2,10-14)6-5-8-16-9-7-15-11-13(16,3)4/h15H,5-9,11H2,1-4H3. The van der Waals surface area contributed by atoms with Crippen LogP contribution in [0.2, 0.25) is 0 Å². The highest BCUT2D eigenvalue weighted by atomic mass is 15.2. The van der Waals surface area contributed by atoms with Gasteiger partial charge in [0.2, 0.25) is 0 Å². The van der Waals surface area contributed by atoms with Gasteiger partial charge in [-0.1, -0.05) is 0 Å². The van der Waals surface area contributed by atoms with Gasteiger partial charge in [0, 0.05) is 25.2 Å². The molecular weight excluding hydrogens is 198 g/mol. The summed E-state index contributed by atoms with van der Waals surface area (Å²) in [7, 11) is 0. The number of piperazine rings is 1. The fourth-order valence-corrected chi connectivity index (χ4v) is 2.21. The number of nitrogens with one attached hydrogen (secondary N) is 1. The second-order valence-corrected chi connectivity index (χ2v) is 6.08. The monoisotopic (exact) mass is 223 g/mol. The molecule has 0 amide bonds. The molecule has 1 saturated heterocycles. The predicted molar refractivity (Wildman–Crippen MR) is 67.1 cm³/mol. The van der Waals surface area contributed by atoms with Gasteiger partial charge in [0.05, 0.1) is 11.5 Å². The third-order valence-electron chi connectivity index (χ3n) is 3.50. The van der Waals surface area contributed by atoms with E-state index in [-0.39, 0.29) is 11.0 Å². The van der Waals surface area contributed by atoms with Crippen LogP contribution < -0.4 is 5.32 Å². The van der Waals surface area contributed by atoms with Crippen molar-refractivity contribution in [2.24, 2.45) is 5.41 Å². The van der Waals surface area contributed by atoms with Gasteiger partial charge in [-0.2, -0.15) is 5.26 Å². The van der Waals surface area contributed by atoms with E-state index < -0.39 is 0 Å². The zero-order valence-corrected chi connectivity index (χ0v) is 11.1. The number of rotatable bonds is 4. The van der Waals surface area contributed by atoms with E-state index in [0.29, 0.717) is 0 Å². The molecule has 1 aliphatic heterocycles. The minimum atomic E-state index is -0.168. The zero-order chi connectivity index (χ0) is 12.2. The SMILES string of the molecule is CC(C)(C#N)CCCN1CCNCC1(C)C. The summed E-state index contributed by atoms with van der Waals surface area (Å²) in [5, 5.41) is 12.4. The van der Waals surface area contributed by atoms with Crippen LogP contribution in [-0.4, -0.2) is 36.6 Å². The first-order chi connectivity index (χ1) is 7.37. The van der Waals surface area contributed by atoms with Gasteiger partial charge in [-0.3, -0.25) is 4.90 Å². The van der Waals surface area contributed by atoms with Crippen molar-refractivity contribution >= 4 is 0 Å². The molecule has 1 fully saturated rings. The molecular formula is C13H25N3. The van der Waals surface area contributed by atoms with Crippen molar-refractivity contribution in [3.05, 3.63) is 0 Å². The summed E-state index contributed by atoms with van der Waals surface area (Å²) < 4.78 is 0. The van der Waals surface area contributed by atoms with Crippen molar-refractivity contribution in [1.29, 1.82) is 5.26 Å². The lowest BCUT2D eigenvalue weighted by Crippen LogP contribution is -2.58. The van der Waals surface area contributed by atoms with E-state index in [1.54, 1.807) is 0 Å². The Morgan fingerprint density at radius 2 is 2.12 bits per heavy atom. The predicted octanol–water partition coefficient (Wildman–Crippen LogP) is 2.00. The van der Waals surface area contributed by atoms with Gasteiger partial charge in [-0.15, -0.1) is 0 Å². The first-order valence-electron chi connectivity index (χ1n) is 6.24. The number of nitrogens with zero attached hydrogens (tertiary/aromatic N) is 2. The van der Waals surface area contributed by atoms with Crippen molar-refractivity contribution in [2.75, 3.05) is 26.2 Å². The summed E-state index contributed by atoms with van der Waals surface area (Å²) >= 11 is 0. The first-order valence-corrected chi connectivity index (χ1v) is 6.24. The molecule has 1 heterocycles. The van der Waals surface area contributed by atoms with Crippen molar-refractivity contribution in [1.82, 2.24) is 10.2 Å². The molecule has 0 aliphatic carbocycles. The lowest BCUT2D eigenvalue weighted by Gasteiger charge is -2.43. The fraction of sp³-hybridized carbons (Fsp3) is 0.923. The molecule has 3 heteroatoms. The molecule has 16 heavy (non-hydrogen) atoms. The number of nitriles is 1. The van der Waals surface area contributed by atoms with Crippen LogP contribution in [0.1, 0.15) is 40.5 Å². The van der Waals surface area contributed by atoms with Crippen molar-refractivity contribution in [3.8, 4) is 6.07 Å². The van der Waals surface area contributed by atoms with E-state index in [4.69, 9.17) is 5.26 Å². The van der Waals surface area contributed by atoms with Crippen molar-refractivity contribution in [3.63, 3.8) is 0 Å². The summed E-state index contributed by atoms with van der Waals surface area (Å²) in [6.07, 6.45) is 2.10. The molecule has 0 unspecified atom stereocenters. The second-order valence-electron chi connectivity index (χ2n) is 6.08. The van der Waals surface area contributed by atoms with Crippen LogP contribution in [-0.2, 0) is 0 Å². The zero-order valence-electron chi connectivity index (χ0n) is 11.1. The van der Waals surface area contributed by atoms with E-state index in [0.717, 1.165) is 39.0 Å². The van der Waals surface area contributed by atoms with Crippen molar-refractivity contribution < 1.29 is 0 Å². The van der Waals surface area contributed by atoms with Gasteiger partial charge >= 0.3 is 0 Å². The van der Waals surface area contributed by atoms with Crippen molar-refractivity contribution in [2.45, 2.75) is 46.1 Å². The third kappa shape index (κ3) is 3.77. The molecule has 0 aromatic carbocycles. The highest BCUT2D eigenvalue weighted by Gasteiger charge is 2.29. The third-order valence-corrected chi connectivity index (χ3v) is 3.50. The van der Waals surface area contributed by atoms with E-state index in [9.17, 15) is 0 Å². The quantitative estimate of drug-likeness (QED) is 0.792. The topological polar surface area (TPSA) is 39.1 Å². The molecule has 0 bridgehead atoms. The molecule has 0 aromatic heterocycles. The molecule has 0 saturated carbocycles. The van der Waals surface area contributed by atoms with Gasteiger partial charge in [0.15, 0.2) is 0 Å². The maximum absolute atomic E-state index is 8.96. The van der Waals surface area contributed by atoms with Gasteiger partial charge < -0.3 is 5.32 Å². The van der Waals surface area contributed by atoms with E-state index in [2.05, 4.69) is 30.1 Å². The summed E-state index contributed by atoms with van der Waals surface area (Å²) in [5.74, 6) is 0.